The third-order valence-electron chi connectivity index (χ3n) is 5.19. The van der Waals surface area contributed by atoms with Crippen molar-refractivity contribution in [3.8, 4) is 0 Å². The van der Waals surface area contributed by atoms with E-state index >= 15 is 0 Å². The zero-order valence-electron chi connectivity index (χ0n) is 18.1. The zero-order chi connectivity index (χ0) is 25.8. The van der Waals surface area contributed by atoms with Crippen LogP contribution in [0.3, 0.4) is 0 Å². The van der Waals surface area contributed by atoms with Crippen molar-refractivity contribution in [2.24, 2.45) is 5.73 Å². The third-order valence-corrected chi connectivity index (χ3v) is 5.93. The number of aldehydes is 1. The summed E-state index contributed by atoms with van der Waals surface area (Å²) < 4.78 is 37.2. The molecule has 0 saturated carbocycles. The molecule has 1 unspecified atom stereocenters. The van der Waals surface area contributed by atoms with Crippen LogP contribution >= 0.6 is 11.8 Å². The van der Waals surface area contributed by atoms with E-state index in [1.54, 1.807) is 6.07 Å². The van der Waals surface area contributed by atoms with Crippen LogP contribution in [0.1, 0.15) is 44.7 Å². The molecule has 4 amide bonds. The maximum atomic E-state index is 12.8. The summed E-state index contributed by atoms with van der Waals surface area (Å²) in [5.41, 5.74) is 2.10. The molecule has 2 aromatic carbocycles. The molecule has 0 radical (unpaired) electrons. The summed E-state index contributed by atoms with van der Waals surface area (Å²) in [5, 5.41) is 2.65. The summed E-state index contributed by atoms with van der Waals surface area (Å²) in [7, 11) is 0. The number of thioether (sulfide) groups is 1. The van der Waals surface area contributed by atoms with Gasteiger partial charge in [0, 0.05) is 17.9 Å². The second-order valence-corrected chi connectivity index (χ2v) is 8.81. The lowest BCUT2D eigenvalue weighted by atomic mass is 10.1. The van der Waals surface area contributed by atoms with Crippen LogP contribution in [-0.2, 0) is 27.3 Å². The van der Waals surface area contributed by atoms with Gasteiger partial charge >= 0.3 is 5.51 Å². The van der Waals surface area contributed by atoms with Gasteiger partial charge in [0.05, 0.1) is 17.5 Å². The zero-order valence-corrected chi connectivity index (χ0v) is 18.9. The molecule has 0 fully saturated rings. The first-order chi connectivity index (χ1) is 16.5. The predicted octanol–water partition coefficient (Wildman–Crippen LogP) is 2.59. The number of amides is 4. The summed E-state index contributed by atoms with van der Waals surface area (Å²) in [6, 6.07) is 8.55. The van der Waals surface area contributed by atoms with Gasteiger partial charge in [0.25, 0.3) is 11.8 Å². The van der Waals surface area contributed by atoms with E-state index in [2.05, 4.69) is 5.32 Å². The Morgan fingerprint density at radius 1 is 1.03 bits per heavy atom. The highest BCUT2D eigenvalue weighted by molar-refractivity contribution is 8.00. The second kappa shape index (κ2) is 10.7. The Kier molecular flexibility index (Phi) is 7.95. The highest BCUT2D eigenvalue weighted by Gasteiger charge is 2.42. The van der Waals surface area contributed by atoms with Gasteiger partial charge in [-0.15, -0.1) is 0 Å². The summed E-state index contributed by atoms with van der Waals surface area (Å²) in [5.74, 6) is -2.71. The van der Waals surface area contributed by atoms with Crippen molar-refractivity contribution in [3.63, 3.8) is 0 Å². The van der Waals surface area contributed by atoms with E-state index < -0.39 is 35.2 Å². The molecule has 8 nitrogen and oxygen atoms in total. The van der Waals surface area contributed by atoms with E-state index in [1.807, 2.05) is 0 Å². The van der Waals surface area contributed by atoms with Crippen molar-refractivity contribution in [3.05, 3.63) is 64.7 Å². The molecule has 3 rings (SSSR count). The number of carbonyl (C=O) groups is 5. The van der Waals surface area contributed by atoms with Gasteiger partial charge in [-0.25, -0.2) is 0 Å². The van der Waals surface area contributed by atoms with Gasteiger partial charge in [0.1, 0.15) is 12.3 Å². The number of halogens is 3. The second-order valence-electron chi connectivity index (χ2n) is 7.67. The smallest absolute Gasteiger partial charge is 0.368 e. The van der Waals surface area contributed by atoms with Crippen molar-refractivity contribution in [2.45, 2.75) is 42.3 Å². The molecule has 0 aliphatic carbocycles. The number of rotatable bonds is 10. The number of carbonyl (C=O) groups excluding carboxylic acids is 5. The van der Waals surface area contributed by atoms with Crippen molar-refractivity contribution < 1.29 is 37.1 Å². The molecule has 1 heterocycles. The Morgan fingerprint density at radius 2 is 1.66 bits per heavy atom. The van der Waals surface area contributed by atoms with Crippen LogP contribution in [0.2, 0.25) is 0 Å². The molecule has 1 aliphatic rings. The molecule has 0 bridgehead atoms. The first-order valence-corrected chi connectivity index (χ1v) is 11.2. The monoisotopic (exact) mass is 507 g/mol. The first kappa shape index (κ1) is 25.9. The highest BCUT2D eigenvalue weighted by Crippen LogP contribution is 2.36. The minimum Gasteiger partial charge on any atom is -0.368 e. The van der Waals surface area contributed by atoms with Crippen molar-refractivity contribution >= 4 is 41.7 Å². The highest BCUT2D eigenvalue weighted by atomic mass is 32.2. The van der Waals surface area contributed by atoms with Crippen molar-refractivity contribution in [1.82, 2.24) is 10.2 Å². The van der Waals surface area contributed by atoms with E-state index in [-0.39, 0.29) is 53.6 Å². The fraction of sp³-hybridized carbons (Fsp3) is 0.261. The predicted molar refractivity (Wildman–Crippen MR) is 119 cm³/mol. The summed E-state index contributed by atoms with van der Waals surface area (Å²) in [4.78, 5) is 60.9. The number of imide groups is 1. The molecule has 0 aromatic heterocycles. The number of alkyl halides is 3. The number of nitrogens with zero attached hydrogens (tertiary/aromatic N) is 1. The van der Waals surface area contributed by atoms with Gasteiger partial charge in [0.15, 0.2) is 0 Å². The van der Waals surface area contributed by atoms with Gasteiger partial charge in [-0.3, -0.25) is 24.1 Å². The first-order valence-electron chi connectivity index (χ1n) is 10.4. The Morgan fingerprint density at radius 3 is 2.26 bits per heavy atom. The maximum absolute atomic E-state index is 12.8. The minimum atomic E-state index is -4.39. The van der Waals surface area contributed by atoms with Gasteiger partial charge < -0.3 is 15.8 Å². The molecule has 184 valence electrons. The topological polar surface area (TPSA) is 127 Å². The Balaban J connectivity index is 1.63. The van der Waals surface area contributed by atoms with Gasteiger partial charge in [-0.05, 0) is 53.6 Å². The average Bonchev–Trinajstić information content (AvgIpc) is 3.03. The van der Waals surface area contributed by atoms with Crippen LogP contribution < -0.4 is 11.1 Å². The summed E-state index contributed by atoms with van der Waals surface area (Å²) in [6.07, 6.45) is 0.361. The fourth-order valence-electron chi connectivity index (χ4n) is 3.58. The molecule has 3 N–H and O–H groups in total. The molecule has 1 aliphatic heterocycles. The van der Waals surface area contributed by atoms with Gasteiger partial charge in [-0.1, -0.05) is 18.2 Å². The van der Waals surface area contributed by atoms with E-state index in [0.29, 0.717) is 17.4 Å². The Bertz CT molecular complexity index is 1170. The lowest BCUT2D eigenvalue weighted by Gasteiger charge is -2.22. The van der Waals surface area contributed by atoms with E-state index in [9.17, 15) is 37.1 Å². The lowest BCUT2D eigenvalue weighted by Crippen LogP contribution is -2.47. The van der Waals surface area contributed by atoms with E-state index in [0.717, 1.165) is 4.90 Å². The summed E-state index contributed by atoms with van der Waals surface area (Å²) in [6.45, 7) is 0.0278. The molecular weight excluding hydrogens is 487 g/mol. The number of fused-ring (bicyclic) bond motifs is 1. The maximum Gasteiger partial charge on any atom is 0.446 e. The number of hydrogen-bond donors (Lipinski definition) is 2. The number of hydrogen-bond acceptors (Lipinski definition) is 6. The average molecular weight is 507 g/mol. The quantitative estimate of drug-likeness (QED) is 0.289. The number of nitrogens with one attached hydrogen (secondary N) is 1. The van der Waals surface area contributed by atoms with Crippen LogP contribution in [0.5, 0.6) is 0 Å². The molecule has 0 spiro atoms. The summed E-state index contributed by atoms with van der Waals surface area (Å²) >= 11 is -0.244. The minimum absolute atomic E-state index is 0.0118. The Labute approximate surface area is 202 Å². The normalized spacial score (nSPS) is 14.0. The van der Waals surface area contributed by atoms with E-state index in [1.165, 1.54) is 36.4 Å². The van der Waals surface area contributed by atoms with Crippen molar-refractivity contribution in [2.75, 3.05) is 0 Å². The molecule has 35 heavy (non-hydrogen) atoms. The molecule has 12 heteroatoms. The number of benzene rings is 2. The van der Waals surface area contributed by atoms with Crippen LogP contribution in [0.15, 0.2) is 47.4 Å². The molecular formula is C23H20F3N3O5S. The molecule has 2 aromatic rings. The standard InChI is InChI=1S/C23H20F3N3O5S/c24-23(25,26)35-15-6-3-13(4-7-15)11-19(31)28-12-14-5-8-16-17(10-14)22(34)29(21(16)33)18(20(27)32)2-1-9-30/h3-10,18H,1-2,11-12H2,(H2,27,32)(H,28,31). The third kappa shape index (κ3) is 6.47. The van der Waals surface area contributed by atoms with Crippen LogP contribution in [0, 0.1) is 0 Å². The van der Waals surface area contributed by atoms with Gasteiger partial charge in [0.2, 0.25) is 11.8 Å². The number of nitrogens with two attached hydrogens (primary N) is 1. The number of primary amides is 1. The molecule has 1 atom stereocenters. The fourth-order valence-corrected chi connectivity index (χ4v) is 4.12. The lowest BCUT2D eigenvalue weighted by molar-refractivity contribution is -0.122. The van der Waals surface area contributed by atoms with Crippen LogP contribution in [0.4, 0.5) is 13.2 Å². The van der Waals surface area contributed by atoms with E-state index in [4.69, 9.17) is 5.73 Å². The SMILES string of the molecule is NC(=O)C(CCC=O)N1C(=O)c2ccc(CNC(=O)Cc3ccc(SC(F)(F)F)cc3)cc2C1=O. The van der Waals surface area contributed by atoms with Gasteiger partial charge in [-0.2, -0.15) is 13.2 Å². The van der Waals surface area contributed by atoms with Crippen LogP contribution in [-0.4, -0.2) is 46.4 Å². The van der Waals surface area contributed by atoms with Crippen LogP contribution in [0.25, 0.3) is 0 Å². The Hall–Kier alpha value is -3.67. The molecule has 0 saturated heterocycles. The largest absolute Gasteiger partial charge is 0.446 e. The van der Waals surface area contributed by atoms with Crippen molar-refractivity contribution in [1.29, 1.82) is 0 Å².